The third-order valence-corrected chi connectivity index (χ3v) is 1.97. The van der Waals surface area contributed by atoms with Gasteiger partial charge in [-0.25, -0.2) is 9.86 Å². The Hall–Kier alpha value is -0.660. The van der Waals surface area contributed by atoms with Gasteiger partial charge in [0.2, 0.25) is 5.91 Å². The first kappa shape index (κ1) is 13.3. The molecule has 0 fully saturated rings. The van der Waals surface area contributed by atoms with Crippen LogP contribution >= 0.6 is 0 Å². The number of nitrogens with one attached hydrogen (secondary N) is 2. The van der Waals surface area contributed by atoms with Gasteiger partial charge in [0.15, 0.2) is 0 Å². The normalized spacial score (nSPS) is 11.7. The van der Waals surface area contributed by atoms with Gasteiger partial charge in [-0.15, -0.1) is 0 Å². The van der Waals surface area contributed by atoms with Crippen LogP contribution < -0.4 is 15.2 Å². The summed E-state index contributed by atoms with van der Waals surface area (Å²) in [6.07, 6.45) is 0.100. The van der Waals surface area contributed by atoms with Crippen molar-refractivity contribution in [2.45, 2.75) is 20.3 Å². The van der Waals surface area contributed by atoms with Crippen LogP contribution in [0, 0.1) is 5.92 Å². The fraction of sp³-hybridized carbons (Fsp3) is 0.857. The van der Waals surface area contributed by atoms with Crippen molar-refractivity contribution < 1.29 is 13.2 Å². The van der Waals surface area contributed by atoms with Gasteiger partial charge in [-0.05, 0) is 5.92 Å². The van der Waals surface area contributed by atoms with Gasteiger partial charge in [0.05, 0.1) is 0 Å². The van der Waals surface area contributed by atoms with Gasteiger partial charge in [0.1, 0.15) is 0 Å². The van der Waals surface area contributed by atoms with Crippen LogP contribution in [0.25, 0.3) is 0 Å². The molecule has 0 unspecified atom stereocenters. The third kappa shape index (κ3) is 9.43. The van der Waals surface area contributed by atoms with Crippen LogP contribution in [0.5, 0.6) is 0 Å². The molecule has 0 radical (unpaired) electrons. The molecule has 0 bridgehead atoms. The Kier molecular flexibility index (Phi) is 5.66. The van der Waals surface area contributed by atoms with E-state index in [9.17, 15) is 13.2 Å². The van der Waals surface area contributed by atoms with Crippen LogP contribution in [0.2, 0.25) is 0 Å². The highest BCUT2D eigenvalue weighted by Crippen LogP contribution is 1.88. The highest BCUT2D eigenvalue weighted by atomic mass is 32.2. The largest absolute Gasteiger partial charge is 0.356 e. The molecule has 0 aromatic rings. The van der Waals surface area contributed by atoms with Crippen LogP contribution in [-0.2, 0) is 15.0 Å². The highest BCUT2D eigenvalue weighted by Gasteiger charge is 2.04. The van der Waals surface area contributed by atoms with Crippen molar-refractivity contribution >= 4 is 16.1 Å². The van der Waals surface area contributed by atoms with E-state index in [1.807, 2.05) is 18.6 Å². The minimum Gasteiger partial charge on any atom is -0.356 e. The number of amides is 1. The first-order chi connectivity index (χ1) is 6.31. The summed E-state index contributed by atoms with van der Waals surface area (Å²) >= 11 is 0. The molecule has 4 N–H and O–H groups in total. The molecule has 0 aliphatic heterocycles. The molecule has 0 aromatic carbocycles. The summed E-state index contributed by atoms with van der Waals surface area (Å²) < 4.78 is 22.9. The van der Waals surface area contributed by atoms with Gasteiger partial charge in [-0.3, -0.25) is 4.79 Å². The molecule has 0 aliphatic rings. The zero-order chi connectivity index (χ0) is 11.2. The molecule has 0 heterocycles. The summed E-state index contributed by atoms with van der Waals surface area (Å²) in [5.41, 5.74) is 0. The SMILES string of the molecule is CC(C)CNC(=O)CCNS(N)(=O)=O. The number of nitrogens with two attached hydrogens (primary N) is 1. The smallest absolute Gasteiger partial charge is 0.274 e. The van der Waals surface area contributed by atoms with E-state index in [1.165, 1.54) is 0 Å². The number of hydrogen-bond donors (Lipinski definition) is 3. The average molecular weight is 223 g/mol. The van der Waals surface area contributed by atoms with Gasteiger partial charge in [0.25, 0.3) is 10.2 Å². The lowest BCUT2D eigenvalue weighted by atomic mass is 10.2. The predicted octanol–water partition coefficient (Wildman–Crippen LogP) is -1.06. The monoisotopic (exact) mass is 223 g/mol. The van der Waals surface area contributed by atoms with Gasteiger partial charge in [0, 0.05) is 19.5 Å². The van der Waals surface area contributed by atoms with E-state index < -0.39 is 10.2 Å². The topological polar surface area (TPSA) is 101 Å². The Bertz CT molecular complexity index is 274. The Morgan fingerprint density at radius 1 is 1.43 bits per heavy atom. The second-order valence-corrected chi connectivity index (χ2v) is 4.77. The number of carbonyl (C=O) groups excluding carboxylic acids is 1. The molecule has 0 saturated carbocycles. The van der Waals surface area contributed by atoms with Crippen molar-refractivity contribution in [1.82, 2.24) is 10.0 Å². The zero-order valence-electron chi connectivity index (χ0n) is 8.41. The van der Waals surface area contributed by atoms with Crippen LogP contribution in [0.4, 0.5) is 0 Å². The molecule has 0 aliphatic carbocycles. The number of carbonyl (C=O) groups is 1. The standard InChI is InChI=1S/C7H17N3O3S/c1-6(2)5-9-7(11)3-4-10-14(8,12)13/h6,10H,3-5H2,1-2H3,(H,9,11)(H2,8,12,13). The first-order valence-electron chi connectivity index (χ1n) is 4.35. The number of hydrogen-bond acceptors (Lipinski definition) is 3. The van der Waals surface area contributed by atoms with Crippen molar-refractivity contribution in [3.8, 4) is 0 Å². The summed E-state index contributed by atoms with van der Waals surface area (Å²) in [5, 5.41) is 7.33. The van der Waals surface area contributed by atoms with Crippen LogP contribution in [-0.4, -0.2) is 27.4 Å². The van der Waals surface area contributed by atoms with Gasteiger partial charge < -0.3 is 5.32 Å². The fourth-order valence-electron chi connectivity index (χ4n) is 0.713. The van der Waals surface area contributed by atoms with Gasteiger partial charge >= 0.3 is 0 Å². The van der Waals surface area contributed by atoms with E-state index in [0.29, 0.717) is 12.5 Å². The molecule has 1 amide bonds. The molecule has 7 heteroatoms. The van der Waals surface area contributed by atoms with Crippen LogP contribution in [0.15, 0.2) is 0 Å². The summed E-state index contributed by atoms with van der Waals surface area (Å²) in [6, 6.07) is 0. The van der Waals surface area contributed by atoms with E-state index in [2.05, 4.69) is 10.5 Å². The maximum absolute atomic E-state index is 11.0. The predicted molar refractivity (Wildman–Crippen MR) is 53.6 cm³/mol. The Balaban J connectivity index is 3.55. The summed E-state index contributed by atoms with van der Waals surface area (Å²) in [6.45, 7) is 4.57. The molecular formula is C7H17N3O3S. The van der Waals surface area contributed by atoms with Crippen molar-refractivity contribution in [2.75, 3.05) is 13.1 Å². The minimum absolute atomic E-state index is 0.0305. The van der Waals surface area contributed by atoms with Crippen molar-refractivity contribution in [1.29, 1.82) is 0 Å². The Morgan fingerprint density at radius 3 is 2.43 bits per heavy atom. The summed E-state index contributed by atoms with van der Waals surface area (Å²) in [4.78, 5) is 11.0. The molecule has 0 spiro atoms. The average Bonchev–Trinajstić information content (AvgIpc) is 1.98. The molecule has 0 saturated heterocycles. The van der Waals surface area contributed by atoms with E-state index in [-0.39, 0.29) is 18.9 Å². The lowest BCUT2D eigenvalue weighted by molar-refractivity contribution is -0.121. The minimum atomic E-state index is -3.68. The fourth-order valence-corrected chi connectivity index (χ4v) is 1.10. The summed E-state index contributed by atoms with van der Waals surface area (Å²) in [7, 11) is -3.68. The molecule has 0 aromatic heterocycles. The quantitative estimate of drug-likeness (QED) is 0.535. The second-order valence-electron chi connectivity index (χ2n) is 3.39. The van der Waals surface area contributed by atoms with E-state index in [0.717, 1.165) is 0 Å². The van der Waals surface area contributed by atoms with Crippen molar-refractivity contribution in [3.05, 3.63) is 0 Å². The molecule has 6 nitrogen and oxygen atoms in total. The second kappa shape index (κ2) is 5.94. The molecule has 14 heavy (non-hydrogen) atoms. The van der Waals surface area contributed by atoms with Crippen molar-refractivity contribution in [3.63, 3.8) is 0 Å². The summed E-state index contributed by atoms with van der Waals surface area (Å²) in [5.74, 6) is 0.194. The van der Waals surface area contributed by atoms with E-state index >= 15 is 0 Å². The molecule has 0 atom stereocenters. The Labute approximate surface area is 84.4 Å². The highest BCUT2D eigenvalue weighted by molar-refractivity contribution is 7.87. The maximum atomic E-state index is 11.0. The van der Waals surface area contributed by atoms with Crippen LogP contribution in [0.3, 0.4) is 0 Å². The van der Waals surface area contributed by atoms with E-state index in [1.54, 1.807) is 0 Å². The molecule has 0 rings (SSSR count). The lowest BCUT2D eigenvalue weighted by Crippen LogP contribution is -2.35. The third-order valence-electron chi connectivity index (χ3n) is 1.36. The first-order valence-corrected chi connectivity index (χ1v) is 5.90. The van der Waals surface area contributed by atoms with Gasteiger partial charge in [-0.1, -0.05) is 13.8 Å². The molecular weight excluding hydrogens is 206 g/mol. The van der Waals surface area contributed by atoms with Gasteiger partial charge in [-0.2, -0.15) is 8.42 Å². The van der Waals surface area contributed by atoms with Crippen LogP contribution in [0.1, 0.15) is 20.3 Å². The van der Waals surface area contributed by atoms with Crippen molar-refractivity contribution in [2.24, 2.45) is 11.1 Å². The van der Waals surface area contributed by atoms with E-state index in [4.69, 9.17) is 0 Å². The Morgan fingerprint density at radius 2 is 2.00 bits per heavy atom. The maximum Gasteiger partial charge on any atom is 0.274 e. The zero-order valence-corrected chi connectivity index (χ0v) is 9.23. The molecule has 84 valence electrons. The lowest BCUT2D eigenvalue weighted by Gasteiger charge is -2.07. The number of rotatable bonds is 6.